The van der Waals surface area contributed by atoms with Crippen LogP contribution in [-0.2, 0) is 0 Å². The van der Waals surface area contributed by atoms with E-state index in [1.54, 1.807) is 18.2 Å². The van der Waals surface area contributed by atoms with Gasteiger partial charge in [0, 0.05) is 12.1 Å². The fourth-order valence-electron chi connectivity index (χ4n) is 2.96. The van der Waals surface area contributed by atoms with Crippen molar-refractivity contribution in [2.45, 2.75) is 44.2 Å². The van der Waals surface area contributed by atoms with Crippen LogP contribution in [0.2, 0.25) is 0 Å². The van der Waals surface area contributed by atoms with Crippen LogP contribution in [0.4, 0.5) is 5.69 Å². The van der Waals surface area contributed by atoms with E-state index in [0.29, 0.717) is 11.6 Å². The zero-order valence-corrected chi connectivity index (χ0v) is 11.7. The van der Waals surface area contributed by atoms with Gasteiger partial charge in [-0.25, -0.2) is 0 Å². The Bertz CT molecular complexity index is 518. The molecule has 1 aromatic carbocycles. The van der Waals surface area contributed by atoms with Crippen molar-refractivity contribution in [2.75, 3.05) is 7.05 Å². The summed E-state index contributed by atoms with van der Waals surface area (Å²) < 4.78 is 0. The van der Waals surface area contributed by atoms with Gasteiger partial charge in [-0.15, -0.1) is 0 Å². The molecule has 5 heteroatoms. The summed E-state index contributed by atoms with van der Waals surface area (Å²) in [7, 11) is 1.90. The van der Waals surface area contributed by atoms with Crippen molar-refractivity contribution in [1.29, 1.82) is 5.26 Å². The zero-order valence-electron chi connectivity index (χ0n) is 11.7. The second-order valence-corrected chi connectivity index (χ2v) is 5.30. The Kier molecular flexibility index (Phi) is 4.70. The van der Waals surface area contributed by atoms with Crippen LogP contribution in [0, 0.1) is 21.4 Å². The van der Waals surface area contributed by atoms with E-state index in [-0.39, 0.29) is 5.69 Å². The van der Waals surface area contributed by atoms with Crippen molar-refractivity contribution >= 4 is 5.69 Å². The number of para-hydroxylation sites is 1. The number of benzene rings is 1. The van der Waals surface area contributed by atoms with Crippen LogP contribution < -0.4 is 0 Å². The first kappa shape index (κ1) is 14.5. The standard InChI is InChI=1S/C15H19N3O2/c1-17(12-7-3-2-4-8-12)15(11-16)13-9-5-6-10-14(13)18(19)20/h5-6,9-10,12,15H,2-4,7-8H2,1H3. The molecule has 1 unspecified atom stereocenters. The molecule has 0 radical (unpaired) electrons. The van der Waals surface area contributed by atoms with Gasteiger partial charge in [-0.1, -0.05) is 31.4 Å². The molecule has 1 aliphatic carbocycles. The molecular formula is C15H19N3O2. The number of nitro benzene ring substituents is 1. The molecule has 0 aliphatic heterocycles. The Morgan fingerprint density at radius 2 is 2.00 bits per heavy atom. The molecule has 0 amide bonds. The fourth-order valence-corrected chi connectivity index (χ4v) is 2.96. The molecule has 0 aromatic heterocycles. The van der Waals surface area contributed by atoms with Gasteiger partial charge in [0.2, 0.25) is 0 Å². The van der Waals surface area contributed by atoms with Crippen LogP contribution in [0.5, 0.6) is 0 Å². The summed E-state index contributed by atoms with van der Waals surface area (Å²) in [5.41, 5.74) is 0.523. The zero-order chi connectivity index (χ0) is 14.5. The number of nitrogens with zero attached hydrogens (tertiary/aromatic N) is 3. The smallest absolute Gasteiger partial charge is 0.275 e. The maximum Gasteiger partial charge on any atom is 0.275 e. The normalized spacial score (nSPS) is 17.6. The number of rotatable bonds is 4. The molecule has 0 spiro atoms. The lowest BCUT2D eigenvalue weighted by Gasteiger charge is -2.34. The summed E-state index contributed by atoms with van der Waals surface area (Å²) >= 11 is 0. The van der Waals surface area contributed by atoms with Crippen molar-refractivity contribution in [2.24, 2.45) is 0 Å². The highest BCUT2D eigenvalue weighted by Crippen LogP contribution is 2.32. The first-order valence-corrected chi connectivity index (χ1v) is 7.00. The van der Waals surface area contributed by atoms with Crippen molar-refractivity contribution in [3.8, 4) is 6.07 Å². The highest BCUT2D eigenvalue weighted by Gasteiger charge is 2.29. The lowest BCUT2D eigenvalue weighted by atomic mass is 9.92. The molecule has 1 fully saturated rings. The third-order valence-electron chi connectivity index (χ3n) is 4.11. The van der Waals surface area contributed by atoms with Gasteiger partial charge in [-0.05, 0) is 26.0 Å². The Balaban J connectivity index is 2.28. The summed E-state index contributed by atoms with van der Waals surface area (Å²) in [6.45, 7) is 0. The van der Waals surface area contributed by atoms with E-state index in [2.05, 4.69) is 6.07 Å². The van der Waals surface area contributed by atoms with Gasteiger partial charge in [0.1, 0.15) is 6.04 Å². The Labute approximate surface area is 119 Å². The van der Waals surface area contributed by atoms with Gasteiger partial charge in [0.15, 0.2) is 0 Å². The molecule has 1 saturated carbocycles. The average Bonchev–Trinajstić information content (AvgIpc) is 2.49. The number of nitriles is 1. The van der Waals surface area contributed by atoms with E-state index in [9.17, 15) is 15.4 Å². The Hall–Kier alpha value is -1.93. The molecule has 0 saturated heterocycles. The molecule has 1 atom stereocenters. The second kappa shape index (κ2) is 6.49. The van der Waals surface area contributed by atoms with Gasteiger partial charge >= 0.3 is 0 Å². The first-order chi connectivity index (χ1) is 9.65. The third-order valence-corrected chi connectivity index (χ3v) is 4.11. The van der Waals surface area contributed by atoms with Crippen LogP contribution in [0.1, 0.15) is 43.7 Å². The van der Waals surface area contributed by atoms with Crippen LogP contribution in [-0.4, -0.2) is 22.9 Å². The minimum Gasteiger partial charge on any atom is -0.284 e. The first-order valence-electron chi connectivity index (χ1n) is 7.00. The molecule has 1 aliphatic rings. The van der Waals surface area contributed by atoms with E-state index >= 15 is 0 Å². The van der Waals surface area contributed by atoms with Crippen molar-refractivity contribution in [3.63, 3.8) is 0 Å². The van der Waals surface area contributed by atoms with Gasteiger partial charge in [-0.2, -0.15) is 5.26 Å². The maximum atomic E-state index is 11.1. The van der Waals surface area contributed by atoms with Crippen molar-refractivity contribution < 1.29 is 4.92 Å². The predicted octanol–water partition coefficient (Wildman–Crippen LogP) is 3.42. The van der Waals surface area contributed by atoms with E-state index in [1.807, 2.05) is 11.9 Å². The molecule has 1 aromatic rings. The van der Waals surface area contributed by atoms with Crippen LogP contribution >= 0.6 is 0 Å². The van der Waals surface area contributed by atoms with Gasteiger partial charge in [0.25, 0.3) is 5.69 Å². The Morgan fingerprint density at radius 1 is 1.35 bits per heavy atom. The van der Waals surface area contributed by atoms with E-state index < -0.39 is 11.0 Å². The van der Waals surface area contributed by atoms with E-state index in [0.717, 1.165) is 12.8 Å². The van der Waals surface area contributed by atoms with Gasteiger partial charge in [0.05, 0.1) is 16.6 Å². The molecule has 0 N–H and O–H groups in total. The highest BCUT2D eigenvalue weighted by atomic mass is 16.6. The molecule has 2 rings (SSSR count). The van der Waals surface area contributed by atoms with Gasteiger partial charge in [-0.3, -0.25) is 15.0 Å². The van der Waals surface area contributed by atoms with E-state index in [1.165, 1.54) is 25.3 Å². The van der Waals surface area contributed by atoms with Crippen LogP contribution in [0.25, 0.3) is 0 Å². The molecule has 5 nitrogen and oxygen atoms in total. The molecule has 20 heavy (non-hydrogen) atoms. The quantitative estimate of drug-likeness (QED) is 0.622. The minimum atomic E-state index is -0.556. The summed E-state index contributed by atoms with van der Waals surface area (Å²) in [5, 5.41) is 20.6. The topological polar surface area (TPSA) is 70.2 Å². The van der Waals surface area contributed by atoms with Crippen LogP contribution in [0.15, 0.2) is 24.3 Å². The average molecular weight is 273 g/mol. The summed E-state index contributed by atoms with van der Waals surface area (Å²) in [6.07, 6.45) is 5.71. The summed E-state index contributed by atoms with van der Waals surface area (Å²) in [4.78, 5) is 12.7. The monoisotopic (exact) mass is 273 g/mol. The van der Waals surface area contributed by atoms with Crippen LogP contribution in [0.3, 0.4) is 0 Å². The summed E-state index contributed by atoms with van der Waals surface area (Å²) in [6, 6.07) is 8.56. The van der Waals surface area contributed by atoms with Crippen molar-refractivity contribution in [3.05, 3.63) is 39.9 Å². The second-order valence-electron chi connectivity index (χ2n) is 5.30. The Morgan fingerprint density at radius 3 is 2.60 bits per heavy atom. The largest absolute Gasteiger partial charge is 0.284 e. The predicted molar refractivity (Wildman–Crippen MR) is 76.1 cm³/mol. The lowest BCUT2D eigenvalue weighted by Crippen LogP contribution is -2.36. The summed E-state index contributed by atoms with van der Waals surface area (Å²) in [5.74, 6) is 0. The maximum absolute atomic E-state index is 11.1. The number of hydrogen-bond donors (Lipinski definition) is 0. The molecular weight excluding hydrogens is 254 g/mol. The van der Waals surface area contributed by atoms with Gasteiger partial charge < -0.3 is 0 Å². The number of nitro groups is 1. The number of hydrogen-bond acceptors (Lipinski definition) is 4. The minimum absolute atomic E-state index is 0.0294. The highest BCUT2D eigenvalue weighted by molar-refractivity contribution is 5.44. The fraction of sp³-hybridized carbons (Fsp3) is 0.533. The third kappa shape index (κ3) is 2.97. The molecule has 106 valence electrons. The molecule has 0 heterocycles. The SMILES string of the molecule is CN(C1CCCCC1)C(C#N)c1ccccc1[N+](=O)[O-]. The van der Waals surface area contributed by atoms with E-state index in [4.69, 9.17) is 0 Å². The lowest BCUT2D eigenvalue weighted by molar-refractivity contribution is -0.385. The molecule has 0 bridgehead atoms. The van der Waals surface area contributed by atoms with Crippen molar-refractivity contribution in [1.82, 2.24) is 4.90 Å².